The topological polar surface area (TPSA) is 71.5 Å². The average Bonchev–Trinajstić information content (AvgIpc) is 2.53. The van der Waals surface area contributed by atoms with Gasteiger partial charge in [0, 0.05) is 18.0 Å². The number of rotatable bonds is 3. The van der Waals surface area contributed by atoms with Crippen molar-refractivity contribution in [1.29, 1.82) is 0 Å². The molecule has 0 radical (unpaired) electrons. The average molecular weight is 284 g/mol. The van der Waals surface area contributed by atoms with Crippen molar-refractivity contribution in [2.24, 2.45) is 0 Å². The summed E-state index contributed by atoms with van der Waals surface area (Å²) in [5.74, 6) is 0. The Morgan fingerprint density at radius 3 is 3.05 bits per heavy atom. The van der Waals surface area contributed by atoms with E-state index in [2.05, 4.69) is 16.4 Å². The van der Waals surface area contributed by atoms with Gasteiger partial charge < -0.3 is 15.2 Å². The highest BCUT2D eigenvalue weighted by Gasteiger charge is 2.23. The number of benzene rings is 1. The normalized spacial score (nSPS) is 17.0. The molecular weight excluding hydrogens is 268 g/mol. The first-order valence-electron chi connectivity index (χ1n) is 6.86. The van der Waals surface area contributed by atoms with E-state index < -0.39 is 6.09 Å². The highest BCUT2D eigenvalue weighted by Crippen LogP contribution is 2.33. The van der Waals surface area contributed by atoms with Gasteiger partial charge in [0.1, 0.15) is 6.10 Å². The lowest BCUT2D eigenvalue weighted by atomic mass is 9.90. The maximum atomic E-state index is 10.7. The first kappa shape index (κ1) is 13.6. The van der Waals surface area contributed by atoms with Crippen LogP contribution >= 0.6 is 0 Å². The molecule has 1 aliphatic rings. The van der Waals surface area contributed by atoms with E-state index in [1.807, 2.05) is 30.5 Å². The van der Waals surface area contributed by atoms with E-state index in [0.29, 0.717) is 6.61 Å². The third kappa shape index (κ3) is 2.87. The Labute approximate surface area is 122 Å². The van der Waals surface area contributed by atoms with Crippen LogP contribution in [0.3, 0.4) is 0 Å². The number of carboxylic acid groups (broad SMARTS) is 1. The van der Waals surface area contributed by atoms with E-state index in [4.69, 9.17) is 9.84 Å². The maximum Gasteiger partial charge on any atom is 0.404 e. The molecule has 1 amide bonds. The van der Waals surface area contributed by atoms with Gasteiger partial charge in [-0.3, -0.25) is 4.98 Å². The zero-order chi connectivity index (χ0) is 14.7. The number of amides is 1. The fourth-order valence-electron chi connectivity index (χ4n) is 2.72. The van der Waals surface area contributed by atoms with Crippen LogP contribution in [0.5, 0.6) is 0 Å². The minimum Gasteiger partial charge on any atom is -0.465 e. The Kier molecular flexibility index (Phi) is 3.83. The molecule has 21 heavy (non-hydrogen) atoms. The molecule has 0 saturated carbocycles. The lowest BCUT2D eigenvalue weighted by molar-refractivity contribution is 0.0428. The molecule has 2 aromatic rings. The summed E-state index contributed by atoms with van der Waals surface area (Å²) < 4.78 is 5.70. The number of nitrogens with one attached hydrogen (secondary N) is 1. The molecule has 1 atom stereocenters. The summed E-state index contributed by atoms with van der Waals surface area (Å²) in [4.78, 5) is 14.8. The van der Waals surface area contributed by atoms with Crippen LogP contribution < -0.4 is 5.32 Å². The van der Waals surface area contributed by atoms with Crippen molar-refractivity contribution in [2.45, 2.75) is 12.5 Å². The zero-order valence-electron chi connectivity index (χ0n) is 11.5. The van der Waals surface area contributed by atoms with Crippen LogP contribution in [0.25, 0.3) is 11.1 Å². The van der Waals surface area contributed by atoms with Gasteiger partial charge in [0.15, 0.2) is 0 Å². The van der Waals surface area contributed by atoms with Crippen molar-refractivity contribution in [3.63, 3.8) is 0 Å². The van der Waals surface area contributed by atoms with Gasteiger partial charge in [-0.25, -0.2) is 4.79 Å². The molecule has 0 spiro atoms. The van der Waals surface area contributed by atoms with Crippen molar-refractivity contribution in [3.8, 4) is 11.1 Å². The molecule has 1 aromatic heterocycles. The number of carbonyl (C=O) groups is 1. The molecular formula is C16H16N2O3. The molecule has 1 aromatic carbocycles. The molecule has 2 heterocycles. The summed E-state index contributed by atoms with van der Waals surface area (Å²) in [6, 6.07) is 10.00. The molecule has 0 fully saturated rings. The number of fused-ring (bicyclic) bond motifs is 1. The molecule has 0 bridgehead atoms. The van der Waals surface area contributed by atoms with Crippen molar-refractivity contribution < 1.29 is 14.6 Å². The molecule has 1 aliphatic heterocycles. The number of ether oxygens (including phenoxy) is 1. The Morgan fingerprint density at radius 1 is 1.38 bits per heavy atom. The van der Waals surface area contributed by atoms with E-state index in [9.17, 15) is 4.79 Å². The largest absolute Gasteiger partial charge is 0.465 e. The van der Waals surface area contributed by atoms with Crippen LogP contribution in [0.1, 0.15) is 17.2 Å². The van der Waals surface area contributed by atoms with Gasteiger partial charge in [0.05, 0.1) is 13.2 Å². The standard InChI is InChI=1S/C16H16N2O3/c19-16(20)18-10-15-14-5-1-4-12(13(14)6-8-21-15)11-3-2-7-17-9-11/h1-5,7,9,15,18H,6,8,10H2,(H,19,20). The van der Waals surface area contributed by atoms with E-state index in [1.54, 1.807) is 6.20 Å². The third-order valence-electron chi connectivity index (χ3n) is 3.64. The van der Waals surface area contributed by atoms with Gasteiger partial charge in [0.25, 0.3) is 0 Å². The maximum absolute atomic E-state index is 10.7. The van der Waals surface area contributed by atoms with Gasteiger partial charge >= 0.3 is 6.09 Å². The van der Waals surface area contributed by atoms with Crippen LogP contribution in [0, 0.1) is 0 Å². The predicted molar refractivity (Wildman–Crippen MR) is 78.1 cm³/mol. The second-order valence-electron chi connectivity index (χ2n) is 4.91. The smallest absolute Gasteiger partial charge is 0.404 e. The van der Waals surface area contributed by atoms with Crippen LogP contribution in [-0.2, 0) is 11.2 Å². The molecule has 5 heteroatoms. The molecule has 5 nitrogen and oxygen atoms in total. The summed E-state index contributed by atoms with van der Waals surface area (Å²) in [7, 11) is 0. The molecule has 0 saturated heterocycles. The Balaban J connectivity index is 1.96. The minimum absolute atomic E-state index is 0.235. The number of hydrogen-bond donors (Lipinski definition) is 2. The predicted octanol–water partition coefficient (Wildman–Crippen LogP) is 2.63. The molecule has 3 rings (SSSR count). The number of nitrogens with zero attached hydrogens (tertiary/aromatic N) is 1. The Morgan fingerprint density at radius 2 is 2.29 bits per heavy atom. The van der Waals surface area contributed by atoms with E-state index >= 15 is 0 Å². The summed E-state index contributed by atoms with van der Waals surface area (Å²) in [6.07, 6.45) is 3.15. The van der Waals surface area contributed by atoms with Crippen molar-refractivity contribution >= 4 is 6.09 Å². The highest BCUT2D eigenvalue weighted by atomic mass is 16.5. The second kappa shape index (κ2) is 5.93. The van der Waals surface area contributed by atoms with Gasteiger partial charge in [0.2, 0.25) is 0 Å². The summed E-state index contributed by atoms with van der Waals surface area (Å²) >= 11 is 0. The van der Waals surface area contributed by atoms with E-state index in [-0.39, 0.29) is 12.6 Å². The van der Waals surface area contributed by atoms with Gasteiger partial charge in [-0.2, -0.15) is 0 Å². The second-order valence-corrected chi connectivity index (χ2v) is 4.91. The fourth-order valence-corrected chi connectivity index (χ4v) is 2.72. The van der Waals surface area contributed by atoms with Crippen LogP contribution in [0.2, 0.25) is 0 Å². The van der Waals surface area contributed by atoms with Crippen LogP contribution in [-0.4, -0.2) is 29.3 Å². The fraction of sp³-hybridized carbons (Fsp3) is 0.250. The summed E-state index contributed by atoms with van der Waals surface area (Å²) in [5, 5.41) is 11.1. The van der Waals surface area contributed by atoms with E-state index in [1.165, 1.54) is 5.56 Å². The monoisotopic (exact) mass is 284 g/mol. The first-order valence-corrected chi connectivity index (χ1v) is 6.86. The zero-order valence-corrected chi connectivity index (χ0v) is 11.5. The summed E-state index contributed by atoms with van der Waals surface area (Å²) in [5.41, 5.74) is 4.48. The van der Waals surface area contributed by atoms with Crippen molar-refractivity contribution in [2.75, 3.05) is 13.2 Å². The summed E-state index contributed by atoms with van der Waals surface area (Å²) in [6.45, 7) is 0.856. The van der Waals surface area contributed by atoms with Crippen molar-refractivity contribution in [3.05, 3.63) is 53.9 Å². The number of hydrogen-bond acceptors (Lipinski definition) is 3. The Hall–Kier alpha value is -2.40. The first-order chi connectivity index (χ1) is 10.3. The Bertz CT molecular complexity index is 643. The van der Waals surface area contributed by atoms with Crippen LogP contribution in [0.15, 0.2) is 42.7 Å². The van der Waals surface area contributed by atoms with Crippen molar-refractivity contribution in [1.82, 2.24) is 10.3 Å². The lowest BCUT2D eigenvalue weighted by Gasteiger charge is -2.27. The number of aromatic nitrogens is 1. The molecule has 1 unspecified atom stereocenters. The highest BCUT2D eigenvalue weighted by molar-refractivity contribution is 5.69. The van der Waals surface area contributed by atoms with Gasteiger partial charge in [-0.15, -0.1) is 0 Å². The molecule has 2 N–H and O–H groups in total. The quantitative estimate of drug-likeness (QED) is 0.909. The van der Waals surface area contributed by atoms with Gasteiger partial charge in [-0.1, -0.05) is 24.3 Å². The minimum atomic E-state index is -1.03. The molecule has 108 valence electrons. The third-order valence-corrected chi connectivity index (χ3v) is 3.64. The van der Waals surface area contributed by atoms with Crippen LogP contribution in [0.4, 0.5) is 4.79 Å². The lowest BCUT2D eigenvalue weighted by Crippen LogP contribution is -2.30. The molecule has 0 aliphatic carbocycles. The number of pyridine rings is 1. The van der Waals surface area contributed by atoms with Gasteiger partial charge in [-0.05, 0) is 29.2 Å². The SMILES string of the molecule is O=C(O)NCC1OCCc2c(-c3cccnc3)cccc21. The van der Waals surface area contributed by atoms with E-state index in [0.717, 1.165) is 23.1 Å².